The molecule has 136 valence electrons. The van der Waals surface area contributed by atoms with Gasteiger partial charge in [-0.05, 0) is 30.3 Å². The van der Waals surface area contributed by atoms with Crippen molar-refractivity contribution in [3.63, 3.8) is 0 Å². The number of nitrogen functional groups attached to an aromatic ring is 1. The van der Waals surface area contributed by atoms with E-state index in [9.17, 15) is 4.79 Å². The van der Waals surface area contributed by atoms with E-state index >= 15 is 0 Å². The molecule has 0 saturated carbocycles. The van der Waals surface area contributed by atoms with Crippen LogP contribution in [-0.4, -0.2) is 20.9 Å². The van der Waals surface area contributed by atoms with Crippen LogP contribution in [0, 0.1) is 6.07 Å². The summed E-state index contributed by atoms with van der Waals surface area (Å²) >= 11 is 1.26. The Kier molecular flexibility index (Phi) is 4.66. The second-order valence-electron chi connectivity index (χ2n) is 5.97. The number of carbonyl (C=O) groups is 1. The lowest BCUT2D eigenvalue weighted by Crippen LogP contribution is -2.22. The van der Waals surface area contributed by atoms with Gasteiger partial charge in [0.25, 0.3) is 5.91 Å². The van der Waals surface area contributed by atoms with Crippen LogP contribution in [-0.2, 0) is 6.54 Å². The highest BCUT2D eigenvalue weighted by atomic mass is 32.1. The van der Waals surface area contributed by atoms with Gasteiger partial charge in [0.1, 0.15) is 16.2 Å². The maximum Gasteiger partial charge on any atom is 0.308 e. The zero-order chi connectivity index (χ0) is 19.5. The van der Waals surface area contributed by atoms with Crippen LogP contribution >= 0.6 is 11.3 Å². The number of rotatable bonds is 4. The van der Waals surface area contributed by atoms with E-state index in [1.165, 1.54) is 11.3 Å². The van der Waals surface area contributed by atoms with E-state index in [1.54, 1.807) is 30.5 Å². The number of fused-ring (bicyclic) bond motifs is 1. The lowest BCUT2D eigenvalue weighted by atomic mass is 10.1. The quantitative estimate of drug-likeness (QED) is 0.489. The minimum atomic E-state index is -0.213. The number of nitrogens with two attached hydrogens (primary N) is 1. The second kappa shape index (κ2) is 7.42. The van der Waals surface area contributed by atoms with Gasteiger partial charge in [0.15, 0.2) is 5.82 Å². The van der Waals surface area contributed by atoms with Gasteiger partial charge in [-0.25, -0.2) is 9.97 Å². The summed E-state index contributed by atoms with van der Waals surface area (Å²) in [4.78, 5) is 26.7. The van der Waals surface area contributed by atoms with Gasteiger partial charge >= 0.3 is 6.07 Å². The molecule has 4 aromatic rings. The Morgan fingerprint density at radius 3 is 2.86 bits per heavy atom. The van der Waals surface area contributed by atoms with Crippen molar-refractivity contribution in [1.82, 2.24) is 20.3 Å². The van der Waals surface area contributed by atoms with Gasteiger partial charge in [0, 0.05) is 11.8 Å². The van der Waals surface area contributed by atoms with E-state index in [0.29, 0.717) is 38.8 Å². The summed E-state index contributed by atoms with van der Waals surface area (Å²) in [7, 11) is 0. The number of nitrogens with zero attached hydrogens (tertiary/aromatic N) is 3. The highest BCUT2D eigenvalue weighted by Gasteiger charge is 2.15. The highest BCUT2D eigenvalue weighted by Crippen LogP contribution is 2.30. The first kappa shape index (κ1) is 17.6. The van der Waals surface area contributed by atoms with Crippen molar-refractivity contribution in [2.75, 3.05) is 5.73 Å². The van der Waals surface area contributed by atoms with Gasteiger partial charge in [0.2, 0.25) is 0 Å². The van der Waals surface area contributed by atoms with E-state index in [4.69, 9.17) is 11.0 Å². The first-order chi connectivity index (χ1) is 13.6. The van der Waals surface area contributed by atoms with Crippen molar-refractivity contribution in [3.05, 3.63) is 70.9 Å². The summed E-state index contributed by atoms with van der Waals surface area (Å²) in [5, 5.41) is 10.8. The largest absolute Gasteiger partial charge is 0.383 e. The number of nitrogens with one attached hydrogen (secondary N) is 2. The Bertz CT molecular complexity index is 1210. The van der Waals surface area contributed by atoms with Gasteiger partial charge in [0.05, 0.1) is 22.5 Å². The number of hydrogen-bond donors (Lipinski definition) is 3. The van der Waals surface area contributed by atoms with Crippen LogP contribution in [0.5, 0.6) is 0 Å². The van der Waals surface area contributed by atoms with Crippen LogP contribution in [0.2, 0.25) is 0 Å². The summed E-state index contributed by atoms with van der Waals surface area (Å²) in [6, 6.07) is 16.8. The summed E-state index contributed by atoms with van der Waals surface area (Å²) in [6.07, 6.45) is 1.68. The molecule has 0 fully saturated rings. The number of hydrogen-bond acceptors (Lipinski definition) is 6. The molecule has 0 aliphatic rings. The van der Waals surface area contributed by atoms with Gasteiger partial charge in [-0.1, -0.05) is 23.5 Å². The lowest BCUT2D eigenvalue weighted by Gasteiger charge is -2.02. The molecular formula is C20H15N6OS+. The fourth-order valence-corrected chi connectivity index (χ4v) is 3.64. The predicted octanol–water partition coefficient (Wildman–Crippen LogP) is 1.39. The van der Waals surface area contributed by atoms with Crippen LogP contribution in [0.3, 0.4) is 0 Å². The molecule has 0 radical (unpaired) electrons. The number of thiophene rings is 1. The third kappa shape index (κ3) is 3.51. The summed E-state index contributed by atoms with van der Waals surface area (Å²) < 4.78 is 0. The molecule has 28 heavy (non-hydrogen) atoms. The number of benzene rings is 1. The number of pyridine rings is 1. The molecule has 1 aromatic carbocycles. The molecule has 4 rings (SSSR count). The smallest absolute Gasteiger partial charge is 0.308 e. The van der Waals surface area contributed by atoms with E-state index in [-0.39, 0.29) is 5.91 Å². The molecule has 0 saturated heterocycles. The van der Waals surface area contributed by atoms with Crippen LogP contribution in [0.4, 0.5) is 5.82 Å². The normalized spacial score (nSPS) is 10.5. The lowest BCUT2D eigenvalue weighted by molar-refractivity contribution is -0.0909. The highest BCUT2D eigenvalue weighted by molar-refractivity contribution is 7.20. The summed E-state index contributed by atoms with van der Waals surface area (Å²) in [6.45, 7) is 0.341. The Morgan fingerprint density at radius 1 is 1.18 bits per heavy atom. The third-order valence-corrected chi connectivity index (χ3v) is 5.10. The first-order valence-corrected chi connectivity index (χ1v) is 9.24. The molecule has 3 heterocycles. The van der Waals surface area contributed by atoms with Crippen molar-refractivity contribution in [2.45, 2.75) is 6.54 Å². The zero-order valence-corrected chi connectivity index (χ0v) is 15.5. The average Bonchev–Trinajstić information content (AvgIpc) is 3.18. The molecule has 0 atom stereocenters. The number of carbonyl (C=O) groups excluding carboxylic acids is 1. The molecule has 8 heteroatoms. The predicted molar refractivity (Wildman–Crippen MR) is 107 cm³/mol. The van der Waals surface area contributed by atoms with Crippen LogP contribution in [0.15, 0.2) is 54.7 Å². The molecule has 0 bridgehead atoms. The average molecular weight is 387 g/mol. The van der Waals surface area contributed by atoms with Crippen LogP contribution in [0.25, 0.3) is 21.6 Å². The topological polar surface area (TPSA) is 118 Å². The molecular weight excluding hydrogens is 372 g/mol. The third-order valence-electron chi connectivity index (χ3n) is 4.07. The maximum absolute atomic E-state index is 12.5. The van der Waals surface area contributed by atoms with E-state index in [2.05, 4.69) is 26.3 Å². The molecule has 0 aliphatic carbocycles. The maximum atomic E-state index is 12.5. The number of amides is 1. The number of aromatic nitrogens is 3. The molecule has 7 nitrogen and oxygen atoms in total. The molecule has 3 aromatic heterocycles. The SMILES string of the molecule is [NH+]#Cc1cccc(-c2nc(N)c3cc(C(=O)NCc4ccccn4)sc3n2)c1. The Balaban J connectivity index is 1.62. The first-order valence-electron chi connectivity index (χ1n) is 8.42. The van der Waals surface area contributed by atoms with E-state index < -0.39 is 0 Å². The van der Waals surface area contributed by atoms with Crippen molar-refractivity contribution in [1.29, 1.82) is 0 Å². The van der Waals surface area contributed by atoms with Crippen molar-refractivity contribution < 1.29 is 10.1 Å². The van der Waals surface area contributed by atoms with Gasteiger partial charge < -0.3 is 11.1 Å². The van der Waals surface area contributed by atoms with Gasteiger partial charge in [-0.3, -0.25) is 9.78 Å². The second-order valence-corrected chi connectivity index (χ2v) is 7.00. The van der Waals surface area contributed by atoms with E-state index in [0.717, 1.165) is 11.3 Å². The minimum absolute atomic E-state index is 0.213. The van der Waals surface area contributed by atoms with Crippen LogP contribution in [0.1, 0.15) is 20.9 Å². The van der Waals surface area contributed by atoms with E-state index in [1.807, 2.05) is 24.3 Å². The van der Waals surface area contributed by atoms with Gasteiger partial charge in [-0.2, -0.15) is 0 Å². The minimum Gasteiger partial charge on any atom is -0.383 e. The van der Waals surface area contributed by atoms with Crippen molar-refractivity contribution in [2.24, 2.45) is 0 Å². The molecule has 0 spiro atoms. The summed E-state index contributed by atoms with van der Waals surface area (Å²) in [5.74, 6) is 0.545. The monoisotopic (exact) mass is 387 g/mol. The molecule has 0 unspecified atom stereocenters. The number of anilines is 1. The van der Waals surface area contributed by atoms with Crippen LogP contribution < -0.4 is 16.3 Å². The Morgan fingerprint density at radius 2 is 2.07 bits per heavy atom. The Labute approximate surface area is 164 Å². The molecule has 1 amide bonds. The fraction of sp³-hybridized carbons (Fsp3) is 0.0500. The Hall–Kier alpha value is -3.83. The molecule has 0 aliphatic heterocycles. The summed E-state index contributed by atoms with van der Waals surface area (Å²) in [5.41, 5.74) is 8.25. The van der Waals surface area contributed by atoms with Crippen molar-refractivity contribution >= 4 is 33.3 Å². The fourth-order valence-electron chi connectivity index (χ4n) is 2.68. The standard InChI is InChI=1S/C20H14N6OS/c21-10-12-4-3-5-13(8-12)18-25-17(22)15-9-16(28-20(15)26-18)19(27)24-11-14-6-1-2-7-23-14/h1-9H,11H2,(H,24,27)(H2,22,25,26)/p+1. The molecule has 4 N–H and O–H groups in total. The van der Waals surface area contributed by atoms with Crippen molar-refractivity contribution in [3.8, 4) is 17.5 Å². The zero-order valence-electron chi connectivity index (χ0n) is 14.6. The van der Waals surface area contributed by atoms with Gasteiger partial charge in [-0.15, -0.1) is 11.3 Å².